The van der Waals surface area contributed by atoms with Gasteiger partial charge in [0.05, 0.1) is 6.61 Å². The molecule has 1 unspecified atom stereocenters. The second-order valence-electron chi connectivity index (χ2n) is 5.49. The largest absolute Gasteiger partial charge is 0.503 e. The summed E-state index contributed by atoms with van der Waals surface area (Å²) in [6, 6.07) is 0. The molecule has 0 radical (unpaired) electrons. The summed E-state index contributed by atoms with van der Waals surface area (Å²) >= 11 is 0. The van der Waals surface area contributed by atoms with Gasteiger partial charge >= 0.3 is 8.80 Å². The molecule has 0 aromatic rings. The van der Waals surface area contributed by atoms with Crippen molar-refractivity contribution in [1.29, 1.82) is 5.41 Å². The number of nitrogens with one attached hydrogen (secondary N) is 1. The SMILES string of the molecule is CO[Si](OC)(OCC(=N)N)C(C)CC(C)(C)C. The predicted molar refractivity (Wildman–Crippen MR) is 71.1 cm³/mol. The fourth-order valence-corrected chi connectivity index (χ4v) is 4.68. The summed E-state index contributed by atoms with van der Waals surface area (Å²) in [6.45, 7) is 8.61. The lowest BCUT2D eigenvalue weighted by molar-refractivity contribution is 0.0964. The molecule has 0 aromatic carbocycles. The summed E-state index contributed by atoms with van der Waals surface area (Å²) in [4.78, 5) is 0. The van der Waals surface area contributed by atoms with Crippen molar-refractivity contribution in [3.05, 3.63) is 0 Å². The zero-order chi connectivity index (χ0) is 13.7. The van der Waals surface area contributed by atoms with Crippen molar-refractivity contribution in [3.8, 4) is 0 Å². The van der Waals surface area contributed by atoms with Crippen molar-refractivity contribution >= 4 is 14.6 Å². The maximum atomic E-state index is 7.21. The molecule has 17 heavy (non-hydrogen) atoms. The third-order valence-electron chi connectivity index (χ3n) is 2.52. The average Bonchev–Trinajstić information content (AvgIpc) is 2.17. The van der Waals surface area contributed by atoms with E-state index in [1.54, 1.807) is 14.2 Å². The van der Waals surface area contributed by atoms with Gasteiger partial charge in [-0.15, -0.1) is 0 Å². The third kappa shape index (κ3) is 5.63. The van der Waals surface area contributed by atoms with Crippen molar-refractivity contribution in [2.45, 2.75) is 39.7 Å². The van der Waals surface area contributed by atoms with Crippen molar-refractivity contribution in [1.82, 2.24) is 0 Å². The summed E-state index contributed by atoms with van der Waals surface area (Å²) in [5.41, 5.74) is 5.64. The Hall–Kier alpha value is -0.433. The summed E-state index contributed by atoms with van der Waals surface area (Å²) in [5, 5.41) is 7.21. The first kappa shape index (κ1) is 16.6. The molecular formula is C11H26N2O3Si. The van der Waals surface area contributed by atoms with E-state index in [2.05, 4.69) is 27.7 Å². The van der Waals surface area contributed by atoms with Crippen molar-refractivity contribution in [2.24, 2.45) is 11.1 Å². The first-order valence-corrected chi connectivity index (χ1v) is 7.54. The Morgan fingerprint density at radius 3 is 2.06 bits per heavy atom. The van der Waals surface area contributed by atoms with E-state index in [-0.39, 0.29) is 23.4 Å². The van der Waals surface area contributed by atoms with Gasteiger partial charge in [-0.2, -0.15) is 0 Å². The highest BCUT2D eigenvalue weighted by Gasteiger charge is 2.46. The number of rotatable bonds is 7. The monoisotopic (exact) mass is 262 g/mol. The molecule has 0 aliphatic rings. The second kappa shape index (κ2) is 6.49. The lowest BCUT2D eigenvalue weighted by Gasteiger charge is -2.34. The zero-order valence-electron chi connectivity index (χ0n) is 11.8. The molecule has 6 heteroatoms. The van der Waals surface area contributed by atoms with Crippen LogP contribution in [-0.2, 0) is 13.3 Å². The summed E-state index contributed by atoms with van der Waals surface area (Å²) in [6.07, 6.45) is 0.929. The van der Waals surface area contributed by atoms with Crippen LogP contribution in [0.25, 0.3) is 0 Å². The molecule has 0 bridgehead atoms. The van der Waals surface area contributed by atoms with E-state index in [4.69, 9.17) is 24.4 Å². The average molecular weight is 262 g/mol. The van der Waals surface area contributed by atoms with Gasteiger partial charge in [0.15, 0.2) is 0 Å². The molecule has 102 valence electrons. The molecule has 0 heterocycles. The predicted octanol–water partition coefficient (Wildman–Crippen LogP) is 2.00. The molecule has 1 atom stereocenters. The van der Waals surface area contributed by atoms with Crippen molar-refractivity contribution in [3.63, 3.8) is 0 Å². The van der Waals surface area contributed by atoms with E-state index < -0.39 is 8.80 Å². The Labute approximate surface area is 106 Å². The Morgan fingerprint density at radius 1 is 1.29 bits per heavy atom. The molecular weight excluding hydrogens is 236 g/mol. The first-order valence-electron chi connectivity index (χ1n) is 5.74. The standard InChI is InChI=1S/C11H26N2O3Si/c1-9(7-11(2,3)4)17(14-5,15-6)16-8-10(12)13/h9H,7-8H2,1-6H3,(H3,12,13). The molecule has 0 saturated heterocycles. The highest BCUT2D eigenvalue weighted by atomic mass is 28.4. The number of amidine groups is 1. The molecule has 0 spiro atoms. The summed E-state index contributed by atoms with van der Waals surface area (Å²) < 4.78 is 16.6. The molecule has 0 aliphatic heterocycles. The van der Waals surface area contributed by atoms with Crippen LogP contribution in [0, 0.1) is 10.8 Å². The summed E-state index contributed by atoms with van der Waals surface area (Å²) in [7, 11) is 0.444. The fourth-order valence-electron chi connectivity index (χ4n) is 1.97. The lowest BCUT2D eigenvalue weighted by atomic mass is 9.91. The van der Waals surface area contributed by atoms with E-state index in [9.17, 15) is 0 Å². The van der Waals surface area contributed by atoms with Crippen LogP contribution >= 0.6 is 0 Å². The van der Waals surface area contributed by atoms with Crippen LogP contribution < -0.4 is 5.73 Å². The van der Waals surface area contributed by atoms with Gasteiger partial charge in [0.25, 0.3) is 0 Å². The van der Waals surface area contributed by atoms with E-state index in [1.165, 1.54) is 0 Å². The van der Waals surface area contributed by atoms with Gasteiger partial charge in [-0.25, -0.2) is 0 Å². The van der Waals surface area contributed by atoms with Crippen LogP contribution in [-0.4, -0.2) is 35.5 Å². The van der Waals surface area contributed by atoms with Crippen LogP contribution in [0.4, 0.5) is 0 Å². The zero-order valence-corrected chi connectivity index (χ0v) is 12.8. The first-order chi connectivity index (χ1) is 7.67. The molecule has 0 amide bonds. The molecule has 0 aromatic heterocycles. The molecule has 0 saturated carbocycles. The second-order valence-corrected chi connectivity index (χ2v) is 8.79. The minimum absolute atomic E-state index is 0.0149. The van der Waals surface area contributed by atoms with E-state index in [1.807, 2.05) is 0 Å². The smallest absolute Gasteiger partial charge is 0.386 e. The minimum Gasteiger partial charge on any atom is -0.386 e. The van der Waals surface area contributed by atoms with Gasteiger partial charge in [0.2, 0.25) is 0 Å². The van der Waals surface area contributed by atoms with E-state index >= 15 is 0 Å². The van der Waals surface area contributed by atoms with Crippen LogP contribution in [0.15, 0.2) is 0 Å². The van der Waals surface area contributed by atoms with Gasteiger partial charge in [0, 0.05) is 19.8 Å². The lowest BCUT2D eigenvalue weighted by Crippen LogP contribution is -2.50. The molecule has 0 rings (SSSR count). The topological polar surface area (TPSA) is 77.6 Å². The van der Waals surface area contributed by atoms with Crippen LogP contribution in [0.1, 0.15) is 34.1 Å². The van der Waals surface area contributed by atoms with Crippen LogP contribution in [0.3, 0.4) is 0 Å². The molecule has 3 N–H and O–H groups in total. The maximum absolute atomic E-state index is 7.21. The molecule has 0 fully saturated rings. The quantitative estimate of drug-likeness (QED) is 0.418. The third-order valence-corrected chi connectivity index (χ3v) is 5.62. The van der Waals surface area contributed by atoms with Gasteiger partial charge < -0.3 is 19.0 Å². The maximum Gasteiger partial charge on any atom is 0.503 e. The van der Waals surface area contributed by atoms with Crippen molar-refractivity contribution < 1.29 is 13.3 Å². The van der Waals surface area contributed by atoms with Gasteiger partial charge in [-0.3, -0.25) is 5.41 Å². The van der Waals surface area contributed by atoms with Crippen LogP contribution in [0.2, 0.25) is 5.54 Å². The Balaban J connectivity index is 4.73. The Morgan fingerprint density at radius 2 is 1.76 bits per heavy atom. The van der Waals surface area contributed by atoms with Gasteiger partial charge in [-0.1, -0.05) is 27.7 Å². The summed E-state index contributed by atoms with van der Waals surface area (Å²) in [5.74, 6) is -0.0149. The fraction of sp³-hybridized carbons (Fsp3) is 0.909. The highest BCUT2D eigenvalue weighted by Crippen LogP contribution is 2.35. The van der Waals surface area contributed by atoms with Crippen molar-refractivity contribution in [2.75, 3.05) is 20.8 Å². The Kier molecular flexibility index (Phi) is 6.32. The van der Waals surface area contributed by atoms with Gasteiger partial charge in [0.1, 0.15) is 5.84 Å². The number of hydrogen-bond acceptors (Lipinski definition) is 4. The molecule has 5 nitrogen and oxygen atoms in total. The van der Waals surface area contributed by atoms with E-state index in [0.717, 1.165) is 6.42 Å². The minimum atomic E-state index is -2.74. The molecule has 0 aliphatic carbocycles. The van der Waals surface area contributed by atoms with Crippen LogP contribution in [0.5, 0.6) is 0 Å². The Bertz CT molecular complexity index is 250. The normalized spacial score (nSPS) is 14.7. The highest BCUT2D eigenvalue weighted by molar-refractivity contribution is 6.62. The van der Waals surface area contributed by atoms with E-state index in [0.29, 0.717) is 0 Å². The van der Waals surface area contributed by atoms with Gasteiger partial charge in [-0.05, 0) is 11.8 Å². The number of hydrogen-bond donors (Lipinski definition) is 2. The number of nitrogens with two attached hydrogens (primary N) is 1.